The zero-order chi connectivity index (χ0) is 21.7. The minimum absolute atomic E-state index is 0.436. The van der Waals surface area contributed by atoms with E-state index in [0.717, 1.165) is 13.1 Å². The Morgan fingerprint density at radius 1 is 0.967 bits per heavy atom. The lowest BCUT2D eigenvalue weighted by Gasteiger charge is -2.39. The maximum atomic E-state index is 9.55. The molecular formula is C24H28N2O4. The fourth-order valence-electron chi connectivity index (χ4n) is 4.30. The fourth-order valence-corrected chi connectivity index (χ4v) is 4.30. The van der Waals surface area contributed by atoms with E-state index in [4.69, 9.17) is 10.2 Å². The predicted molar refractivity (Wildman–Crippen MR) is 116 cm³/mol. The average Bonchev–Trinajstić information content (AvgIpc) is 2.96. The lowest BCUT2D eigenvalue weighted by molar-refractivity contribution is -0.134. The van der Waals surface area contributed by atoms with Crippen LogP contribution >= 0.6 is 0 Å². The molecule has 3 aliphatic rings. The second-order valence-electron chi connectivity index (χ2n) is 7.94. The third-order valence-corrected chi connectivity index (χ3v) is 5.57. The molecule has 2 atom stereocenters. The van der Waals surface area contributed by atoms with Crippen LogP contribution in [0, 0.1) is 0 Å². The molecule has 0 spiro atoms. The van der Waals surface area contributed by atoms with Crippen LogP contribution in [0.5, 0.6) is 0 Å². The van der Waals surface area contributed by atoms with Gasteiger partial charge < -0.3 is 15.1 Å². The number of hydrogen-bond donors (Lipinski definition) is 2. The van der Waals surface area contributed by atoms with Crippen molar-refractivity contribution in [2.75, 3.05) is 33.7 Å². The topological polar surface area (TPSA) is 81.1 Å². The van der Waals surface area contributed by atoms with Crippen molar-refractivity contribution in [3.8, 4) is 0 Å². The van der Waals surface area contributed by atoms with Crippen LogP contribution in [0.4, 0.5) is 0 Å². The van der Waals surface area contributed by atoms with Gasteiger partial charge in [0.2, 0.25) is 0 Å². The minimum atomic E-state index is -1.26. The fraction of sp³-hybridized carbons (Fsp3) is 0.333. The molecule has 0 aromatic heterocycles. The average molecular weight is 408 g/mol. The minimum Gasteiger partial charge on any atom is -0.478 e. The normalized spacial score (nSPS) is 19.6. The highest BCUT2D eigenvalue weighted by Crippen LogP contribution is 2.45. The van der Waals surface area contributed by atoms with E-state index in [-0.39, 0.29) is 0 Å². The quantitative estimate of drug-likeness (QED) is 0.741. The number of carboxylic acid groups (broad SMARTS) is 2. The van der Waals surface area contributed by atoms with E-state index >= 15 is 0 Å². The lowest BCUT2D eigenvalue weighted by Crippen LogP contribution is -2.40. The Bertz CT molecular complexity index is 922. The number of hydrogen-bond acceptors (Lipinski definition) is 4. The molecule has 2 unspecified atom stereocenters. The van der Waals surface area contributed by atoms with Crippen LogP contribution in [-0.2, 0) is 16.0 Å². The van der Waals surface area contributed by atoms with Gasteiger partial charge in [0.25, 0.3) is 0 Å². The molecular weight excluding hydrogens is 380 g/mol. The monoisotopic (exact) mass is 408 g/mol. The highest BCUT2D eigenvalue weighted by Gasteiger charge is 2.38. The number of nitrogens with zero attached hydrogens (tertiary/aromatic N) is 2. The van der Waals surface area contributed by atoms with Gasteiger partial charge in [-0.25, -0.2) is 9.59 Å². The van der Waals surface area contributed by atoms with Gasteiger partial charge in [0.1, 0.15) is 0 Å². The first-order chi connectivity index (χ1) is 14.4. The van der Waals surface area contributed by atoms with Crippen molar-refractivity contribution >= 4 is 11.9 Å². The molecule has 158 valence electrons. The first kappa shape index (κ1) is 21.7. The SMILES string of the molecule is CN(C)CCN1CC2Cc3ccccc3C1c1ccccc12.O=C(O)/C=C/C(=O)O. The number of likely N-dealkylation sites (N-methyl/N-ethyl adjacent to an activating group) is 1. The number of rotatable bonds is 5. The lowest BCUT2D eigenvalue weighted by atomic mass is 9.85. The number of carboxylic acids is 2. The van der Waals surface area contributed by atoms with E-state index < -0.39 is 11.9 Å². The smallest absolute Gasteiger partial charge is 0.328 e. The third kappa shape index (κ3) is 5.14. The Morgan fingerprint density at radius 3 is 2.13 bits per heavy atom. The predicted octanol–water partition coefficient (Wildman–Crippen LogP) is 3.00. The first-order valence-electron chi connectivity index (χ1n) is 10.1. The molecule has 1 aliphatic carbocycles. The van der Waals surface area contributed by atoms with E-state index in [9.17, 15) is 9.59 Å². The van der Waals surface area contributed by atoms with Crippen LogP contribution in [0.2, 0.25) is 0 Å². The van der Waals surface area contributed by atoms with E-state index in [2.05, 4.69) is 72.4 Å². The van der Waals surface area contributed by atoms with Gasteiger partial charge in [-0.15, -0.1) is 0 Å². The van der Waals surface area contributed by atoms with Crippen LogP contribution in [0.25, 0.3) is 0 Å². The second kappa shape index (κ2) is 9.69. The van der Waals surface area contributed by atoms with Crippen LogP contribution in [-0.4, -0.2) is 65.7 Å². The molecule has 2 aromatic carbocycles. The summed E-state index contributed by atoms with van der Waals surface area (Å²) in [6, 6.07) is 18.6. The second-order valence-corrected chi connectivity index (χ2v) is 7.94. The number of fused-ring (bicyclic) bond motifs is 1. The summed E-state index contributed by atoms with van der Waals surface area (Å²) in [4.78, 5) is 24.1. The van der Waals surface area contributed by atoms with Crippen molar-refractivity contribution in [3.05, 3.63) is 82.9 Å². The highest BCUT2D eigenvalue weighted by atomic mass is 16.4. The van der Waals surface area contributed by atoms with Crippen molar-refractivity contribution < 1.29 is 19.8 Å². The summed E-state index contributed by atoms with van der Waals surface area (Å²) in [5.74, 6) is -1.88. The van der Waals surface area contributed by atoms with E-state index in [0.29, 0.717) is 24.1 Å². The Balaban J connectivity index is 0.000000275. The van der Waals surface area contributed by atoms with Crippen LogP contribution in [0.15, 0.2) is 60.7 Å². The number of carbonyl (C=O) groups is 2. The van der Waals surface area contributed by atoms with Crippen LogP contribution < -0.4 is 0 Å². The van der Waals surface area contributed by atoms with Gasteiger partial charge in [-0.3, -0.25) is 4.90 Å². The van der Waals surface area contributed by atoms with E-state index in [1.54, 1.807) is 11.1 Å². The zero-order valence-electron chi connectivity index (χ0n) is 17.4. The van der Waals surface area contributed by atoms with Gasteiger partial charge in [-0.2, -0.15) is 0 Å². The highest BCUT2D eigenvalue weighted by molar-refractivity contribution is 5.89. The molecule has 6 heteroatoms. The summed E-state index contributed by atoms with van der Waals surface area (Å²) in [7, 11) is 4.33. The maximum Gasteiger partial charge on any atom is 0.328 e. The third-order valence-electron chi connectivity index (χ3n) is 5.57. The van der Waals surface area contributed by atoms with Gasteiger partial charge >= 0.3 is 11.9 Å². The maximum absolute atomic E-state index is 9.55. The van der Waals surface area contributed by atoms with Crippen molar-refractivity contribution in [1.82, 2.24) is 9.80 Å². The molecule has 2 heterocycles. The molecule has 0 saturated heterocycles. The molecule has 0 saturated carbocycles. The molecule has 2 aromatic rings. The Hall–Kier alpha value is -2.96. The molecule has 2 N–H and O–H groups in total. The molecule has 0 amide bonds. The number of aliphatic carboxylic acids is 2. The summed E-state index contributed by atoms with van der Waals surface area (Å²) >= 11 is 0. The summed E-state index contributed by atoms with van der Waals surface area (Å²) in [5, 5.41) is 15.6. The van der Waals surface area contributed by atoms with Gasteiger partial charge in [0, 0.05) is 37.7 Å². The van der Waals surface area contributed by atoms with Crippen molar-refractivity contribution in [3.63, 3.8) is 0 Å². The molecule has 0 fully saturated rings. The molecule has 2 aliphatic heterocycles. The Kier molecular flexibility index (Phi) is 7.03. The molecule has 5 rings (SSSR count). The van der Waals surface area contributed by atoms with Crippen molar-refractivity contribution in [2.45, 2.75) is 18.4 Å². The molecule has 0 radical (unpaired) electrons. The van der Waals surface area contributed by atoms with Gasteiger partial charge in [0.15, 0.2) is 0 Å². The van der Waals surface area contributed by atoms with E-state index in [1.165, 1.54) is 24.1 Å². The molecule has 6 nitrogen and oxygen atoms in total. The standard InChI is InChI=1S/C20H24N2.C4H4O4/c1-21(2)11-12-22-14-16-13-15-7-3-4-9-18(15)20(22)19-10-6-5-8-17(16)19;5-3(6)1-2-4(7)8/h3-10,16,20H,11-14H2,1-2H3;1-2H,(H,5,6)(H,7,8)/b;2-1+. The van der Waals surface area contributed by atoms with Crippen LogP contribution in [0.3, 0.4) is 0 Å². The van der Waals surface area contributed by atoms with Gasteiger partial charge in [-0.05, 0) is 42.8 Å². The van der Waals surface area contributed by atoms with Crippen LogP contribution in [0.1, 0.15) is 34.2 Å². The summed E-state index contributed by atoms with van der Waals surface area (Å²) < 4.78 is 0. The largest absolute Gasteiger partial charge is 0.478 e. The zero-order valence-corrected chi connectivity index (χ0v) is 17.4. The van der Waals surface area contributed by atoms with Crippen molar-refractivity contribution in [2.24, 2.45) is 0 Å². The Morgan fingerprint density at radius 2 is 1.53 bits per heavy atom. The number of benzene rings is 2. The summed E-state index contributed by atoms with van der Waals surface area (Å²) in [6.07, 6.45) is 2.30. The molecule has 30 heavy (non-hydrogen) atoms. The summed E-state index contributed by atoms with van der Waals surface area (Å²) in [6.45, 7) is 3.44. The van der Waals surface area contributed by atoms with Crippen molar-refractivity contribution in [1.29, 1.82) is 0 Å². The van der Waals surface area contributed by atoms with Gasteiger partial charge in [0.05, 0.1) is 6.04 Å². The Labute approximate surface area is 177 Å². The molecule has 2 bridgehead atoms. The van der Waals surface area contributed by atoms with E-state index in [1.807, 2.05) is 0 Å². The van der Waals surface area contributed by atoms with Gasteiger partial charge in [-0.1, -0.05) is 48.5 Å². The first-order valence-corrected chi connectivity index (χ1v) is 10.1. The summed E-state index contributed by atoms with van der Waals surface area (Å²) in [5.41, 5.74) is 6.17.